The third-order valence-electron chi connectivity index (χ3n) is 4.91. The molecule has 6 nitrogen and oxygen atoms in total. The van der Waals surface area contributed by atoms with E-state index < -0.39 is 0 Å². The van der Waals surface area contributed by atoms with Crippen LogP contribution >= 0.6 is 0 Å². The van der Waals surface area contributed by atoms with Crippen LogP contribution in [0.5, 0.6) is 0 Å². The van der Waals surface area contributed by atoms with Crippen molar-refractivity contribution in [3.05, 3.63) is 48.5 Å². The second kappa shape index (κ2) is 7.21. The van der Waals surface area contributed by atoms with Crippen LogP contribution in [0, 0.1) is 11.7 Å². The fraction of sp³-hybridized carbons (Fsp3) is 0.316. The lowest BCUT2D eigenvalue weighted by Gasteiger charge is -2.32. The highest BCUT2D eigenvalue weighted by molar-refractivity contribution is 5.68. The largest absolute Gasteiger partial charge is 0.354 e. The van der Waals surface area contributed by atoms with Crippen molar-refractivity contribution < 1.29 is 4.39 Å². The molecular formula is C19H21FN6. The van der Waals surface area contributed by atoms with Gasteiger partial charge in [-0.25, -0.2) is 14.4 Å². The molecular weight excluding hydrogens is 331 g/mol. The minimum Gasteiger partial charge on any atom is -0.354 e. The van der Waals surface area contributed by atoms with Crippen LogP contribution in [-0.2, 0) is 0 Å². The third kappa shape index (κ3) is 3.30. The molecule has 1 saturated heterocycles. The van der Waals surface area contributed by atoms with Crippen molar-refractivity contribution >= 4 is 5.82 Å². The van der Waals surface area contributed by atoms with Gasteiger partial charge < -0.3 is 10.6 Å². The summed E-state index contributed by atoms with van der Waals surface area (Å²) in [5, 5.41) is 6.92. The van der Waals surface area contributed by atoms with Gasteiger partial charge in [-0.1, -0.05) is 18.2 Å². The van der Waals surface area contributed by atoms with Gasteiger partial charge in [0.15, 0.2) is 17.5 Å². The van der Waals surface area contributed by atoms with Gasteiger partial charge in [0.1, 0.15) is 0 Å². The second-order valence-electron chi connectivity index (χ2n) is 6.58. The number of halogens is 1. The van der Waals surface area contributed by atoms with Crippen LogP contribution < -0.4 is 10.6 Å². The van der Waals surface area contributed by atoms with Gasteiger partial charge in [0.05, 0.1) is 11.9 Å². The molecule has 1 aromatic carbocycles. The van der Waals surface area contributed by atoms with Crippen molar-refractivity contribution in [2.24, 2.45) is 11.7 Å². The van der Waals surface area contributed by atoms with Gasteiger partial charge in [0, 0.05) is 30.4 Å². The number of anilines is 1. The molecule has 4 rings (SSSR count). The maximum atomic E-state index is 14.3. The van der Waals surface area contributed by atoms with E-state index in [4.69, 9.17) is 5.73 Å². The van der Waals surface area contributed by atoms with Crippen molar-refractivity contribution in [3.63, 3.8) is 0 Å². The fourth-order valence-corrected chi connectivity index (χ4v) is 3.34. The van der Waals surface area contributed by atoms with Gasteiger partial charge in [0.2, 0.25) is 0 Å². The molecule has 0 spiro atoms. The number of nitrogens with two attached hydrogens (primary N) is 1. The summed E-state index contributed by atoms with van der Waals surface area (Å²) in [6.07, 6.45) is 4.89. The zero-order chi connectivity index (χ0) is 17.9. The molecule has 0 atom stereocenters. The van der Waals surface area contributed by atoms with Gasteiger partial charge in [-0.05, 0) is 37.4 Å². The fourth-order valence-electron chi connectivity index (χ4n) is 3.34. The minimum absolute atomic E-state index is 0.373. The Hall–Kier alpha value is -2.80. The van der Waals surface area contributed by atoms with E-state index in [1.165, 1.54) is 6.20 Å². The standard InChI is InChI=1S/C19H21FN6/c20-16-12-22-18(24-19(16)26-8-5-13(11-21)6-9-26)15-3-1-2-14(10-15)17-4-7-23-25-17/h1-4,7,10,12-13H,5-6,8-9,11,21H2,(H,23,25). The topological polar surface area (TPSA) is 83.7 Å². The summed E-state index contributed by atoms with van der Waals surface area (Å²) >= 11 is 0. The zero-order valence-electron chi connectivity index (χ0n) is 14.4. The Morgan fingerprint density at radius 2 is 2.00 bits per heavy atom. The summed E-state index contributed by atoms with van der Waals surface area (Å²) in [5.74, 6) is 1.02. The number of aromatic nitrogens is 4. The molecule has 1 fully saturated rings. The SMILES string of the molecule is NCC1CCN(c2nc(-c3cccc(-c4ccn[nH]4)c3)ncc2F)CC1. The summed E-state index contributed by atoms with van der Waals surface area (Å²) in [4.78, 5) is 10.7. The molecule has 0 aliphatic carbocycles. The van der Waals surface area contributed by atoms with Crippen LogP contribution in [0.2, 0.25) is 0 Å². The molecule has 1 aliphatic heterocycles. The average Bonchev–Trinajstić information content (AvgIpc) is 3.23. The normalized spacial score (nSPS) is 15.4. The summed E-state index contributed by atoms with van der Waals surface area (Å²) in [7, 11) is 0. The van der Waals surface area contributed by atoms with Gasteiger partial charge >= 0.3 is 0 Å². The highest BCUT2D eigenvalue weighted by Crippen LogP contribution is 2.27. The Bertz CT molecular complexity index is 871. The van der Waals surface area contributed by atoms with E-state index in [1.54, 1.807) is 6.20 Å². The quantitative estimate of drug-likeness (QED) is 0.754. The average molecular weight is 352 g/mol. The molecule has 0 saturated carbocycles. The second-order valence-corrected chi connectivity index (χ2v) is 6.58. The molecule has 3 aromatic rings. The third-order valence-corrected chi connectivity index (χ3v) is 4.91. The van der Waals surface area contributed by atoms with E-state index in [0.29, 0.717) is 24.1 Å². The van der Waals surface area contributed by atoms with E-state index in [1.807, 2.05) is 35.2 Å². The van der Waals surface area contributed by atoms with E-state index in [9.17, 15) is 4.39 Å². The first kappa shape index (κ1) is 16.7. The monoisotopic (exact) mass is 352 g/mol. The highest BCUT2D eigenvalue weighted by Gasteiger charge is 2.22. The number of benzene rings is 1. The van der Waals surface area contributed by atoms with Crippen LogP contribution in [-0.4, -0.2) is 39.8 Å². The molecule has 0 unspecified atom stereocenters. The molecule has 1 aliphatic rings. The van der Waals surface area contributed by atoms with E-state index >= 15 is 0 Å². The van der Waals surface area contributed by atoms with Crippen LogP contribution in [0.1, 0.15) is 12.8 Å². The molecule has 0 amide bonds. The summed E-state index contributed by atoms with van der Waals surface area (Å²) in [6, 6.07) is 9.73. The number of H-pyrrole nitrogens is 1. The van der Waals surface area contributed by atoms with Crippen LogP contribution in [0.3, 0.4) is 0 Å². The molecule has 3 N–H and O–H groups in total. The Labute approximate surface area is 151 Å². The molecule has 0 radical (unpaired) electrons. The number of nitrogens with one attached hydrogen (secondary N) is 1. The van der Waals surface area contributed by atoms with E-state index in [-0.39, 0.29) is 5.82 Å². The smallest absolute Gasteiger partial charge is 0.183 e. The first-order chi connectivity index (χ1) is 12.7. The predicted octanol–water partition coefficient (Wildman–Crippen LogP) is 2.85. The zero-order valence-corrected chi connectivity index (χ0v) is 14.4. The number of piperidine rings is 1. The highest BCUT2D eigenvalue weighted by atomic mass is 19.1. The van der Waals surface area contributed by atoms with Gasteiger partial charge in [-0.3, -0.25) is 5.10 Å². The molecule has 3 heterocycles. The van der Waals surface area contributed by atoms with Crippen molar-refractivity contribution in [1.82, 2.24) is 20.2 Å². The first-order valence-electron chi connectivity index (χ1n) is 8.82. The summed E-state index contributed by atoms with van der Waals surface area (Å²) < 4.78 is 14.3. The van der Waals surface area contributed by atoms with Crippen molar-refractivity contribution in [2.45, 2.75) is 12.8 Å². The lowest BCUT2D eigenvalue weighted by molar-refractivity contribution is 0.409. The number of hydrogen-bond acceptors (Lipinski definition) is 5. The van der Waals surface area contributed by atoms with Crippen LogP contribution in [0.15, 0.2) is 42.7 Å². The van der Waals surface area contributed by atoms with Gasteiger partial charge in [-0.2, -0.15) is 5.10 Å². The Morgan fingerprint density at radius 3 is 2.73 bits per heavy atom. The maximum absolute atomic E-state index is 14.3. The first-order valence-corrected chi connectivity index (χ1v) is 8.82. The number of aromatic amines is 1. The summed E-state index contributed by atoms with van der Waals surface area (Å²) in [6.45, 7) is 2.22. The van der Waals surface area contributed by atoms with Gasteiger partial charge in [0.25, 0.3) is 0 Å². The number of nitrogens with zero attached hydrogens (tertiary/aromatic N) is 4. The Morgan fingerprint density at radius 1 is 1.19 bits per heavy atom. The van der Waals surface area contributed by atoms with E-state index in [2.05, 4.69) is 20.2 Å². The summed E-state index contributed by atoms with van der Waals surface area (Å²) in [5.41, 5.74) is 8.49. The van der Waals surface area contributed by atoms with Crippen LogP contribution in [0.25, 0.3) is 22.6 Å². The van der Waals surface area contributed by atoms with Crippen molar-refractivity contribution in [2.75, 3.05) is 24.5 Å². The lowest BCUT2D eigenvalue weighted by Crippen LogP contribution is -2.37. The molecule has 7 heteroatoms. The van der Waals surface area contributed by atoms with Crippen LogP contribution in [0.4, 0.5) is 10.2 Å². The van der Waals surface area contributed by atoms with Crippen molar-refractivity contribution in [3.8, 4) is 22.6 Å². The molecule has 26 heavy (non-hydrogen) atoms. The number of hydrogen-bond donors (Lipinski definition) is 2. The Balaban J connectivity index is 1.63. The molecule has 134 valence electrons. The predicted molar refractivity (Wildman–Crippen MR) is 99.0 cm³/mol. The van der Waals surface area contributed by atoms with E-state index in [0.717, 1.165) is 42.8 Å². The van der Waals surface area contributed by atoms with Gasteiger partial charge in [-0.15, -0.1) is 0 Å². The minimum atomic E-state index is -0.385. The molecule has 2 aromatic heterocycles. The Kier molecular flexibility index (Phi) is 4.62. The molecule has 0 bridgehead atoms. The number of rotatable bonds is 4. The lowest BCUT2D eigenvalue weighted by atomic mass is 9.97. The van der Waals surface area contributed by atoms with Crippen molar-refractivity contribution in [1.29, 1.82) is 0 Å². The maximum Gasteiger partial charge on any atom is 0.183 e.